The van der Waals surface area contributed by atoms with Crippen LogP contribution in [0.2, 0.25) is 18.1 Å². The molecule has 1 aromatic rings. The summed E-state index contributed by atoms with van der Waals surface area (Å²) in [6, 6.07) is 5.81. The Morgan fingerprint density at radius 2 is 1.92 bits per heavy atom. The molecule has 6 nitrogen and oxygen atoms in total. The second-order valence-corrected chi connectivity index (χ2v) is 11.1. The van der Waals surface area contributed by atoms with Gasteiger partial charge in [-0.3, -0.25) is 4.79 Å². The number of carbonyl (C=O) groups is 2. The molecule has 140 valence electrons. The van der Waals surface area contributed by atoms with E-state index in [0.717, 1.165) is 35.9 Å². The van der Waals surface area contributed by atoms with Crippen LogP contribution >= 0.6 is 0 Å². The van der Waals surface area contributed by atoms with Crippen LogP contribution < -0.4 is 0 Å². The second kappa shape index (κ2) is 8.67. The van der Waals surface area contributed by atoms with E-state index in [1.54, 1.807) is 18.4 Å². The zero-order valence-corrected chi connectivity index (χ0v) is 16.6. The van der Waals surface area contributed by atoms with Crippen LogP contribution in [-0.2, 0) is 14.0 Å². The maximum Gasteiger partial charge on any atom is 0.417 e. The Kier molecular flexibility index (Phi) is 6.84. The number of ether oxygens (including phenoxy) is 1. The van der Waals surface area contributed by atoms with Gasteiger partial charge in [0, 0.05) is 0 Å². The summed E-state index contributed by atoms with van der Waals surface area (Å²) < 4.78 is 17.1. The van der Waals surface area contributed by atoms with Crippen molar-refractivity contribution in [3.63, 3.8) is 0 Å². The summed E-state index contributed by atoms with van der Waals surface area (Å²) in [5, 5.41) is 0. The van der Waals surface area contributed by atoms with Crippen LogP contribution in [0.4, 0.5) is 4.79 Å². The summed E-state index contributed by atoms with van der Waals surface area (Å²) in [7, 11) is -1.98. The molecule has 2 atom stereocenters. The predicted molar refractivity (Wildman–Crippen MR) is 96.6 cm³/mol. The molecule has 0 saturated carbocycles. The van der Waals surface area contributed by atoms with Crippen molar-refractivity contribution in [3.8, 4) is 0 Å². The third-order valence-corrected chi connectivity index (χ3v) is 9.73. The third kappa shape index (κ3) is 3.98. The minimum Gasteiger partial charge on any atom is -0.467 e. The molecule has 25 heavy (non-hydrogen) atoms. The van der Waals surface area contributed by atoms with Crippen LogP contribution in [0.1, 0.15) is 52.3 Å². The number of β-lactam (4-membered cyclic amide) rings is 1. The van der Waals surface area contributed by atoms with Crippen molar-refractivity contribution in [2.24, 2.45) is 0 Å². The lowest BCUT2D eigenvalue weighted by Gasteiger charge is -2.46. The highest BCUT2D eigenvalue weighted by Gasteiger charge is 2.56. The van der Waals surface area contributed by atoms with Crippen LogP contribution in [0.15, 0.2) is 22.8 Å². The number of hydrogen-bond acceptors (Lipinski definition) is 5. The number of hydrogen-bond donors (Lipinski definition) is 0. The molecule has 1 fully saturated rings. The first-order valence-corrected chi connectivity index (χ1v) is 11.8. The SMILES string of the molecule is CCCCOC(=O)N1C(=O)C(O[Si](CC)(CC)CC)C1c1ccco1. The van der Waals surface area contributed by atoms with Gasteiger partial charge in [0.1, 0.15) is 11.8 Å². The maximum atomic E-state index is 12.6. The van der Waals surface area contributed by atoms with Gasteiger partial charge < -0.3 is 13.6 Å². The smallest absolute Gasteiger partial charge is 0.417 e. The lowest BCUT2D eigenvalue weighted by Crippen LogP contribution is -2.64. The zero-order chi connectivity index (χ0) is 18.4. The van der Waals surface area contributed by atoms with Crippen molar-refractivity contribution < 1.29 is 23.2 Å². The van der Waals surface area contributed by atoms with E-state index in [0.29, 0.717) is 12.4 Å². The number of carbonyl (C=O) groups excluding carboxylic acids is 2. The third-order valence-electron chi connectivity index (χ3n) is 5.11. The molecular formula is C18H29NO5Si. The van der Waals surface area contributed by atoms with Crippen LogP contribution in [0.5, 0.6) is 0 Å². The Balaban J connectivity index is 2.18. The van der Waals surface area contributed by atoms with Crippen molar-refractivity contribution >= 4 is 20.3 Å². The second-order valence-electron chi connectivity index (χ2n) is 6.42. The van der Waals surface area contributed by atoms with E-state index in [2.05, 4.69) is 20.8 Å². The number of amides is 2. The van der Waals surface area contributed by atoms with E-state index in [9.17, 15) is 9.59 Å². The zero-order valence-electron chi connectivity index (χ0n) is 15.6. The van der Waals surface area contributed by atoms with Crippen molar-refractivity contribution in [3.05, 3.63) is 24.2 Å². The number of nitrogens with zero attached hydrogens (tertiary/aromatic N) is 1. The largest absolute Gasteiger partial charge is 0.467 e. The standard InChI is InChI=1S/C18H29NO5Si/c1-5-9-12-23-18(21)19-15(14-11-10-13-22-14)16(17(19)20)24-25(6-2,7-3)8-4/h10-11,13,15-16H,5-9,12H2,1-4H3. The molecule has 2 unspecified atom stereocenters. The lowest BCUT2D eigenvalue weighted by atomic mass is 9.96. The molecule has 2 amide bonds. The highest BCUT2D eigenvalue weighted by molar-refractivity contribution is 6.73. The van der Waals surface area contributed by atoms with Crippen molar-refractivity contribution in [2.45, 2.75) is 70.8 Å². The first-order chi connectivity index (χ1) is 12.0. The van der Waals surface area contributed by atoms with E-state index in [4.69, 9.17) is 13.6 Å². The van der Waals surface area contributed by atoms with Crippen LogP contribution in [-0.4, -0.2) is 37.9 Å². The Labute approximate surface area is 150 Å². The molecule has 0 N–H and O–H groups in total. The Hall–Kier alpha value is -1.60. The summed E-state index contributed by atoms with van der Waals surface area (Å²) in [4.78, 5) is 26.1. The fourth-order valence-electron chi connectivity index (χ4n) is 3.16. The number of unbranched alkanes of at least 4 members (excludes halogenated alkanes) is 1. The summed E-state index contributed by atoms with van der Waals surface area (Å²) in [6.45, 7) is 8.67. The first kappa shape index (κ1) is 19.7. The van der Waals surface area contributed by atoms with Gasteiger partial charge in [-0.15, -0.1) is 0 Å². The maximum absolute atomic E-state index is 12.6. The number of furan rings is 1. The number of likely N-dealkylation sites (tertiary alicyclic amines) is 1. The molecule has 1 aliphatic heterocycles. The van der Waals surface area contributed by atoms with Gasteiger partial charge >= 0.3 is 6.09 Å². The van der Waals surface area contributed by atoms with Crippen LogP contribution in [0.25, 0.3) is 0 Å². The van der Waals surface area contributed by atoms with Crippen molar-refractivity contribution in [1.29, 1.82) is 0 Å². The van der Waals surface area contributed by atoms with E-state index in [-0.39, 0.29) is 5.91 Å². The molecule has 2 rings (SSSR count). The Bertz CT molecular complexity index is 562. The Morgan fingerprint density at radius 3 is 2.44 bits per heavy atom. The fraction of sp³-hybridized carbons (Fsp3) is 0.667. The van der Waals surface area contributed by atoms with E-state index in [1.165, 1.54) is 0 Å². The quantitative estimate of drug-likeness (QED) is 0.365. The average molecular weight is 368 g/mol. The molecule has 0 radical (unpaired) electrons. The van der Waals surface area contributed by atoms with Gasteiger partial charge in [0.05, 0.1) is 12.9 Å². The predicted octanol–water partition coefficient (Wildman–Crippen LogP) is 4.49. The van der Waals surface area contributed by atoms with Gasteiger partial charge in [-0.2, -0.15) is 0 Å². The minimum absolute atomic E-state index is 0.313. The molecule has 0 aromatic carbocycles. The van der Waals surface area contributed by atoms with Gasteiger partial charge in [0.15, 0.2) is 14.4 Å². The van der Waals surface area contributed by atoms with E-state index in [1.807, 2.05) is 6.92 Å². The highest BCUT2D eigenvalue weighted by Crippen LogP contribution is 2.41. The monoisotopic (exact) mass is 367 g/mol. The topological polar surface area (TPSA) is 69.0 Å². The summed E-state index contributed by atoms with van der Waals surface area (Å²) >= 11 is 0. The van der Waals surface area contributed by atoms with Gasteiger partial charge in [-0.25, -0.2) is 9.69 Å². The summed E-state index contributed by atoms with van der Waals surface area (Å²) in [5.41, 5.74) is 0. The minimum atomic E-state index is -1.98. The number of imide groups is 1. The van der Waals surface area contributed by atoms with Crippen LogP contribution in [0, 0.1) is 0 Å². The van der Waals surface area contributed by atoms with Gasteiger partial charge in [0.25, 0.3) is 5.91 Å². The molecule has 0 spiro atoms. The Morgan fingerprint density at radius 1 is 1.24 bits per heavy atom. The molecule has 0 aliphatic carbocycles. The summed E-state index contributed by atoms with van der Waals surface area (Å²) in [5.74, 6) is 0.235. The molecule has 1 saturated heterocycles. The summed E-state index contributed by atoms with van der Waals surface area (Å²) in [6.07, 6.45) is 1.97. The molecule has 0 bridgehead atoms. The lowest BCUT2D eigenvalue weighted by molar-refractivity contribution is -0.162. The normalized spacial score (nSPS) is 20.5. The molecule has 1 aromatic heterocycles. The van der Waals surface area contributed by atoms with Gasteiger partial charge in [-0.1, -0.05) is 34.1 Å². The molecule has 1 aliphatic rings. The van der Waals surface area contributed by atoms with Gasteiger partial charge in [-0.05, 0) is 36.7 Å². The fourth-order valence-corrected chi connectivity index (χ4v) is 5.93. The molecule has 7 heteroatoms. The van der Waals surface area contributed by atoms with E-state index >= 15 is 0 Å². The van der Waals surface area contributed by atoms with Crippen molar-refractivity contribution in [2.75, 3.05) is 6.61 Å². The molecular weight excluding hydrogens is 338 g/mol. The van der Waals surface area contributed by atoms with Crippen molar-refractivity contribution in [1.82, 2.24) is 4.90 Å². The molecule has 2 heterocycles. The average Bonchev–Trinajstić information content (AvgIpc) is 3.15. The number of rotatable bonds is 9. The highest BCUT2D eigenvalue weighted by atomic mass is 28.4. The van der Waals surface area contributed by atoms with Gasteiger partial charge in [0.2, 0.25) is 0 Å². The van der Waals surface area contributed by atoms with Crippen LogP contribution in [0.3, 0.4) is 0 Å². The van der Waals surface area contributed by atoms with E-state index < -0.39 is 26.6 Å². The first-order valence-electron chi connectivity index (χ1n) is 9.24.